The monoisotopic (exact) mass is 358 g/mol. The number of hydrogen-bond acceptors (Lipinski definition) is 6. The molecule has 26 heavy (non-hydrogen) atoms. The van der Waals surface area contributed by atoms with Crippen molar-refractivity contribution in [2.24, 2.45) is 5.92 Å². The van der Waals surface area contributed by atoms with Gasteiger partial charge in [-0.2, -0.15) is 0 Å². The van der Waals surface area contributed by atoms with Crippen LogP contribution >= 0.6 is 0 Å². The molecule has 1 amide bonds. The van der Waals surface area contributed by atoms with E-state index in [0.717, 1.165) is 17.2 Å². The van der Waals surface area contributed by atoms with Crippen LogP contribution < -0.4 is 20.1 Å². The maximum atomic E-state index is 12.2. The Kier molecular flexibility index (Phi) is 7.20. The molecule has 0 fully saturated rings. The number of amides is 1. The van der Waals surface area contributed by atoms with Gasteiger partial charge in [0.15, 0.2) is 0 Å². The first-order chi connectivity index (χ1) is 12.5. The van der Waals surface area contributed by atoms with E-state index in [1.807, 2.05) is 45.0 Å². The van der Waals surface area contributed by atoms with Crippen LogP contribution in [0.25, 0.3) is 0 Å². The van der Waals surface area contributed by atoms with Crippen molar-refractivity contribution in [1.29, 1.82) is 0 Å². The molecular weight excluding hydrogens is 332 g/mol. The number of nitrogens with one attached hydrogen (secondary N) is 2. The number of aryl methyl sites for hydroxylation is 1. The van der Waals surface area contributed by atoms with Gasteiger partial charge in [0, 0.05) is 12.2 Å². The minimum absolute atomic E-state index is 0.193. The van der Waals surface area contributed by atoms with Crippen LogP contribution in [0.15, 0.2) is 30.3 Å². The van der Waals surface area contributed by atoms with Crippen molar-refractivity contribution >= 4 is 11.9 Å². The topological polar surface area (TPSA) is 85.4 Å². The summed E-state index contributed by atoms with van der Waals surface area (Å²) in [4.78, 5) is 20.7. The smallest absolute Gasteiger partial charge is 0.270 e. The van der Waals surface area contributed by atoms with Crippen LogP contribution in [-0.4, -0.2) is 42.7 Å². The number of aromatic nitrogens is 2. The Morgan fingerprint density at radius 2 is 1.85 bits per heavy atom. The van der Waals surface area contributed by atoms with Crippen LogP contribution in [0.2, 0.25) is 0 Å². The lowest BCUT2D eigenvalue weighted by Crippen LogP contribution is -2.28. The Labute approximate surface area is 154 Å². The summed E-state index contributed by atoms with van der Waals surface area (Å²) in [7, 11) is 1.62. The first-order valence-corrected chi connectivity index (χ1v) is 8.62. The number of nitrogens with zero attached hydrogens (tertiary/aromatic N) is 2. The zero-order valence-electron chi connectivity index (χ0n) is 15.7. The number of ether oxygens (including phenoxy) is 2. The normalized spacial score (nSPS) is 10.5. The molecule has 2 rings (SSSR count). The molecule has 0 aliphatic heterocycles. The van der Waals surface area contributed by atoms with Crippen LogP contribution in [0.1, 0.15) is 30.0 Å². The summed E-state index contributed by atoms with van der Waals surface area (Å²) in [5.41, 5.74) is 1.09. The van der Waals surface area contributed by atoms with Crippen molar-refractivity contribution in [2.75, 3.05) is 32.1 Å². The molecule has 1 aromatic heterocycles. The second-order valence-corrected chi connectivity index (χ2v) is 6.27. The summed E-state index contributed by atoms with van der Waals surface area (Å²) in [5.74, 6) is 2.15. The molecule has 0 radical (unpaired) electrons. The number of methoxy groups -OCH3 is 1. The summed E-state index contributed by atoms with van der Waals surface area (Å²) in [5, 5.41) is 5.95. The number of hydrogen-bond donors (Lipinski definition) is 2. The lowest BCUT2D eigenvalue weighted by Gasteiger charge is -2.11. The molecule has 0 unspecified atom stereocenters. The van der Waals surface area contributed by atoms with E-state index in [0.29, 0.717) is 37.3 Å². The highest BCUT2D eigenvalue weighted by Crippen LogP contribution is 2.16. The highest BCUT2D eigenvalue weighted by Gasteiger charge is 2.10. The summed E-state index contributed by atoms with van der Waals surface area (Å²) in [6.07, 6.45) is 0. The average molecular weight is 358 g/mol. The maximum Gasteiger partial charge on any atom is 0.270 e. The number of anilines is 1. The van der Waals surface area contributed by atoms with Crippen molar-refractivity contribution in [3.63, 3.8) is 0 Å². The van der Waals surface area contributed by atoms with Crippen molar-refractivity contribution in [3.8, 4) is 11.5 Å². The minimum Gasteiger partial charge on any atom is -0.497 e. The second kappa shape index (κ2) is 9.60. The van der Waals surface area contributed by atoms with Gasteiger partial charge in [-0.05, 0) is 43.2 Å². The lowest BCUT2D eigenvalue weighted by molar-refractivity contribution is 0.0944. The van der Waals surface area contributed by atoms with Gasteiger partial charge in [0.05, 0.1) is 13.7 Å². The number of carbonyl (C=O) groups is 1. The van der Waals surface area contributed by atoms with E-state index < -0.39 is 0 Å². The minimum atomic E-state index is -0.193. The zero-order valence-corrected chi connectivity index (χ0v) is 15.7. The average Bonchev–Trinajstić information content (AvgIpc) is 2.63. The quantitative estimate of drug-likeness (QED) is 0.671. The van der Waals surface area contributed by atoms with E-state index >= 15 is 0 Å². The van der Waals surface area contributed by atoms with Gasteiger partial charge in [0.25, 0.3) is 5.91 Å². The van der Waals surface area contributed by atoms with Crippen molar-refractivity contribution in [3.05, 3.63) is 41.7 Å². The third kappa shape index (κ3) is 6.23. The molecule has 0 aliphatic carbocycles. The Bertz CT molecular complexity index is 717. The van der Waals surface area contributed by atoms with Crippen LogP contribution in [0, 0.1) is 12.8 Å². The van der Waals surface area contributed by atoms with Crippen molar-refractivity contribution in [1.82, 2.24) is 15.3 Å². The predicted octanol–water partition coefficient (Wildman–Crippen LogP) is 2.67. The molecule has 0 spiro atoms. The van der Waals surface area contributed by atoms with Gasteiger partial charge in [-0.15, -0.1) is 0 Å². The van der Waals surface area contributed by atoms with Gasteiger partial charge in [0.1, 0.15) is 23.8 Å². The highest BCUT2D eigenvalue weighted by molar-refractivity contribution is 5.92. The maximum absolute atomic E-state index is 12.2. The molecule has 2 N–H and O–H groups in total. The van der Waals surface area contributed by atoms with Gasteiger partial charge < -0.3 is 20.1 Å². The molecule has 0 saturated carbocycles. The van der Waals surface area contributed by atoms with Gasteiger partial charge in [-0.1, -0.05) is 13.8 Å². The van der Waals surface area contributed by atoms with Crippen LogP contribution in [0.5, 0.6) is 11.5 Å². The molecule has 2 aromatic rings. The number of rotatable bonds is 9. The predicted molar refractivity (Wildman–Crippen MR) is 101 cm³/mol. The fraction of sp³-hybridized carbons (Fsp3) is 0.421. The van der Waals surface area contributed by atoms with E-state index in [4.69, 9.17) is 9.47 Å². The van der Waals surface area contributed by atoms with Gasteiger partial charge in [-0.3, -0.25) is 4.79 Å². The fourth-order valence-electron chi connectivity index (χ4n) is 2.15. The summed E-state index contributed by atoms with van der Waals surface area (Å²) >= 11 is 0. The van der Waals surface area contributed by atoms with Crippen LogP contribution in [0.3, 0.4) is 0 Å². The second-order valence-electron chi connectivity index (χ2n) is 6.27. The standard InChI is InChI=1S/C19H26N4O3/c1-13(2)12-21-18(24)17-11-14(3)22-19(23-17)20-9-10-26-16-7-5-15(25-4)6-8-16/h5-8,11,13H,9-10,12H2,1-4H3,(H,21,24)(H,20,22,23). The lowest BCUT2D eigenvalue weighted by atomic mass is 10.2. The number of benzene rings is 1. The Morgan fingerprint density at radius 1 is 1.15 bits per heavy atom. The fourth-order valence-corrected chi connectivity index (χ4v) is 2.15. The van der Waals surface area contributed by atoms with E-state index in [-0.39, 0.29) is 5.91 Å². The molecule has 0 bridgehead atoms. The molecule has 7 heteroatoms. The molecule has 0 aliphatic rings. The van der Waals surface area contributed by atoms with Gasteiger partial charge >= 0.3 is 0 Å². The summed E-state index contributed by atoms with van der Waals surface area (Å²) < 4.78 is 10.8. The Morgan fingerprint density at radius 3 is 2.50 bits per heavy atom. The molecule has 1 heterocycles. The van der Waals surface area contributed by atoms with Gasteiger partial charge in [0.2, 0.25) is 5.95 Å². The molecule has 7 nitrogen and oxygen atoms in total. The molecule has 0 saturated heterocycles. The largest absolute Gasteiger partial charge is 0.497 e. The van der Waals surface area contributed by atoms with E-state index in [1.165, 1.54) is 0 Å². The van der Waals surface area contributed by atoms with Crippen molar-refractivity contribution < 1.29 is 14.3 Å². The highest BCUT2D eigenvalue weighted by atomic mass is 16.5. The van der Waals surface area contributed by atoms with Crippen molar-refractivity contribution in [2.45, 2.75) is 20.8 Å². The van der Waals surface area contributed by atoms with Crippen LogP contribution in [0.4, 0.5) is 5.95 Å². The Hall–Kier alpha value is -2.83. The number of carbonyl (C=O) groups excluding carboxylic acids is 1. The first-order valence-electron chi connectivity index (χ1n) is 8.62. The molecule has 140 valence electrons. The van der Waals surface area contributed by atoms with Gasteiger partial charge in [-0.25, -0.2) is 9.97 Å². The van der Waals surface area contributed by atoms with Crippen LogP contribution in [-0.2, 0) is 0 Å². The van der Waals surface area contributed by atoms with E-state index in [2.05, 4.69) is 20.6 Å². The third-order valence-electron chi connectivity index (χ3n) is 3.47. The summed E-state index contributed by atoms with van der Waals surface area (Å²) in [6.45, 7) is 7.49. The third-order valence-corrected chi connectivity index (χ3v) is 3.47. The van der Waals surface area contributed by atoms with E-state index in [9.17, 15) is 4.79 Å². The SMILES string of the molecule is COc1ccc(OCCNc2nc(C)cc(C(=O)NCC(C)C)n2)cc1. The molecule has 1 aromatic carbocycles. The first kappa shape index (κ1) is 19.5. The molecule has 0 atom stereocenters. The zero-order chi connectivity index (χ0) is 18.9. The molecular formula is C19H26N4O3. The van der Waals surface area contributed by atoms with E-state index in [1.54, 1.807) is 13.2 Å². The summed E-state index contributed by atoms with van der Waals surface area (Å²) in [6, 6.07) is 9.05. The Balaban J connectivity index is 1.85.